The number of methoxy groups -OCH3 is 1. The van der Waals surface area contributed by atoms with Gasteiger partial charge in [-0.05, 0) is 5.21 Å². The average Bonchev–Trinajstić information content (AvgIpc) is 2.92. The number of piperazine rings is 1. The molecule has 0 atom stereocenters. The number of esters is 1. The van der Waals surface area contributed by atoms with Gasteiger partial charge in [-0.3, -0.25) is 14.5 Å². The first kappa shape index (κ1) is 12.4. The summed E-state index contributed by atoms with van der Waals surface area (Å²) in [6.07, 6.45) is 0. The normalized spacial score (nSPS) is 16.6. The maximum Gasteiger partial charge on any atom is 0.319 e. The average molecular weight is 254 g/mol. The summed E-state index contributed by atoms with van der Waals surface area (Å²) < 4.78 is 4.59. The smallest absolute Gasteiger partial charge is 0.319 e. The van der Waals surface area contributed by atoms with Crippen molar-refractivity contribution >= 4 is 11.9 Å². The Kier molecular flexibility index (Phi) is 3.82. The zero-order chi connectivity index (χ0) is 13.0. The molecule has 1 aliphatic rings. The van der Waals surface area contributed by atoms with Crippen molar-refractivity contribution in [1.82, 2.24) is 30.4 Å². The van der Waals surface area contributed by atoms with E-state index in [1.165, 1.54) is 7.11 Å². The van der Waals surface area contributed by atoms with E-state index in [4.69, 9.17) is 0 Å². The number of carbonyl (C=O) groups is 2. The first-order valence-corrected chi connectivity index (χ1v) is 5.52. The number of nitrogens with one attached hydrogen (secondary N) is 1. The van der Waals surface area contributed by atoms with Crippen molar-refractivity contribution in [2.45, 2.75) is 0 Å². The molecular weight excluding hydrogens is 240 g/mol. The lowest BCUT2D eigenvalue weighted by Crippen LogP contribution is -2.50. The van der Waals surface area contributed by atoms with Crippen molar-refractivity contribution in [2.24, 2.45) is 0 Å². The topological polar surface area (TPSA) is 104 Å². The molecular formula is C9H14N6O3. The van der Waals surface area contributed by atoms with E-state index in [-0.39, 0.29) is 24.2 Å². The maximum absolute atomic E-state index is 11.9. The van der Waals surface area contributed by atoms with Crippen molar-refractivity contribution < 1.29 is 14.3 Å². The summed E-state index contributed by atoms with van der Waals surface area (Å²) in [5.41, 5.74) is 0. The number of rotatable bonds is 3. The van der Waals surface area contributed by atoms with E-state index >= 15 is 0 Å². The molecule has 0 aliphatic carbocycles. The van der Waals surface area contributed by atoms with Crippen LogP contribution < -0.4 is 0 Å². The van der Waals surface area contributed by atoms with Crippen LogP contribution in [0.4, 0.5) is 0 Å². The second kappa shape index (κ2) is 5.54. The molecule has 0 spiro atoms. The van der Waals surface area contributed by atoms with E-state index in [9.17, 15) is 9.59 Å². The van der Waals surface area contributed by atoms with E-state index in [2.05, 4.69) is 25.4 Å². The SMILES string of the molecule is COC(=O)CN1CCN(C(=O)c2nn[nH]n2)CC1. The van der Waals surface area contributed by atoms with Crippen molar-refractivity contribution in [1.29, 1.82) is 0 Å². The van der Waals surface area contributed by atoms with E-state index in [1.54, 1.807) is 4.90 Å². The molecule has 0 radical (unpaired) electrons. The Hall–Kier alpha value is -2.03. The van der Waals surface area contributed by atoms with Gasteiger partial charge in [0, 0.05) is 26.2 Å². The van der Waals surface area contributed by atoms with Crippen LogP contribution in [0.3, 0.4) is 0 Å². The highest BCUT2D eigenvalue weighted by Crippen LogP contribution is 2.04. The monoisotopic (exact) mass is 254 g/mol. The Balaban J connectivity index is 1.83. The number of aromatic nitrogens is 4. The first-order valence-electron chi connectivity index (χ1n) is 5.52. The lowest BCUT2D eigenvalue weighted by molar-refractivity contribution is -0.142. The summed E-state index contributed by atoms with van der Waals surface area (Å²) in [4.78, 5) is 26.6. The predicted molar refractivity (Wildman–Crippen MR) is 58.5 cm³/mol. The fourth-order valence-corrected chi connectivity index (χ4v) is 1.75. The predicted octanol–water partition coefficient (Wildman–Crippen LogP) is -1.87. The quantitative estimate of drug-likeness (QED) is 0.630. The van der Waals surface area contributed by atoms with Gasteiger partial charge in [0.25, 0.3) is 11.7 Å². The van der Waals surface area contributed by atoms with Crippen LogP contribution in [0.5, 0.6) is 0 Å². The van der Waals surface area contributed by atoms with Gasteiger partial charge < -0.3 is 9.64 Å². The highest BCUT2D eigenvalue weighted by Gasteiger charge is 2.25. The Morgan fingerprint density at radius 3 is 2.61 bits per heavy atom. The van der Waals surface area contributed by atoms with Gasteiger partial charge in [-0.25, -0.2) is 0 Å². The zero-order valence-electron chi connectivity index (χ0n) is 10.00. The van der Waals surface area contributed by atoms with Crippen molar-refractivity contribution in [3.63, 3.8) is 0 Å². The van der Waals surface area contributed by atoms with Gasteiger partial charge in [-0.1, -0.05) is 0 Å². The van der Waals surface area contributed by atoms with Crippen LogP contribution in [0, 0.1) is 0 Å². The lowest BCUT2D eigenvalue weighted by atomic mass is 10.3. The Morgan fingerprint density at radius 1 is 1.33 bits per heavy atom. The number of carbonyl (C=O) groups excluding carboxylic acids is 2. The summed E-state index contributed by atoms with van der Waals surface area (Å²) >= 11 is 0. The molecule has 1 N–H and O–H groups in total. The molecule has 1 aliphatic heterocycles. The van der Waals surface area contributed by atoms with Crippen LogP contribution in [0.1, 0.15) is 10.6 Å². The fraction of sp³-hybridized carbons (Fsp3) is 0.667. The molecule has 98 valence electrons. The van der Waals surface area contributed by atoms with Gasteiger partial charge in [0.2, 0.25) is 0 Å². The highest BCUT2D eigenvalue weighted by molar-refractivity contribution is 5.90. The number of tetrazole rings is 1. The zero-order valence-corrected chi connectivity index (χ0v) is 10.00. The van der Waals surface area contributed by atoms with Gasteiger partial charge in [0.15, 0.2) is 0 Å². The Bertz CT molecular complexity index is 412. The van der Waals surface area contributed by atoms with E-state index in [0.717, 1.165) is 0 Å². The second-order valence-electron chi connectivity index (χ2n) is 3.88. The summed E-state index contributed by atoms with van der Waals surface area (Å²) in [5, 5.41) is 12.9. The van der Waals surface area contributed by atoms with Crippen LogP contribution in [0.25, 0.3) is 0 Å². The third kappa shape index (κ3) is 2.80. The summed E-state index contributed by atoms with van der Waals surface area (Å²) in [7, 11) is 1.36. The maximum atomic E-state index is 11.9. The molecule has 0 bridgehead atoms. The first-order chi connectivity index (χ1) is 8.70. The molecule has 0 saturated carbocycles. The van der Waals surface area contributed by atoms with Crippen molar-refractivity contribution in [3.05, 3.63) is 5.82 Å². The van der Waals surface area contributed by atoms with Gasteiger partial charge in [-0.2, -0.15) is 5.21 Å². The van der Waals surface area contributed by atoms with E-state index in [0.29, 0.717) is 26.2 Å². The minimum atomic E-state index is -0.270. The molecule has 1 aromatic heterocycles. The Labute approximate surface area is 103 Å². The number of H-pyrrole nitrogens is 1. The molecule has 9 heteroatoms. The van der Waals surface area contributed by atoms with Crippen LogP contribution in [0.2, 0.25) is 0 Å². The molecule has 18 heavy (non-hydrogen) atoms. The molecule has 1 saturated heterocycles. The van der Waals surface area contributed by atoms with E-state index in [1.807, 2.05) is 4.90 Å². The minimum Gasteiger partial charge on any atom is -0.468 e. The Morgan fingerprint density at radius 2 is 2.06 bits per heavy atom. The summed E-state index contributed by atoms with van der Waals surface area (Å²) in [5.74, 6) is -0.453. The number of hydrogen-bond acceptors (Lipinski definition) is 7. The molecule has 2 heterocycles. The standard InChI is InChI=1S/C9H14N6O3/c1-18-7(16)6-14-2-4-15(5-3-14)9(17)8-10-12-13-11-8/h2-6H2,1H3,(H,10,11,12,13). The number of amides is 1. The van der Waals surface area contributed by atoms with Crippen molar-refractivity contribution in [2.75, 3.05) is 39.8 Å². The molecule has 9 nitrogen and oxygen atoms in total. The largest absolute Gasteiger partial charge is 0.468 e. The van der Waals surface area contributed by atoms with Crippen LogP contribution in [-0.4, -0.2) is 82.1 Å². The number of ether oxygens (including phenoxy) is 1. The van der Waals surface area contributed by atoms with Gasteiger partial charge in [0.05, 0.1) is 13.7 Å². The molecule has 1 amide bonds. The molecule has 2 rings (SSSR count). The fourth-order valence-electron chi connectivity index (χ4n) is 1.75. The summed E-state index contributed by atoms with van der Waals surface area (Å²) in [6, 6.07) is 0. The molecule has 1 aromatic rings. The van der Waals surface area contributed by atoms with Crippen LogP contribution >= 0.6 is 0 Å². The lowest BCUT2D eigenvalue weighted by Gasteiger charge is -2.33. The third-order valence-electron chi connectivity index (χ3n) is 2.78. The molecule has 0 unspecified atom stereocenters. The van der Waals surface area contributed by atoms with Gasteiger partial charge in [0.1, 0.15) is 0 Å². The molecule has 0 aromatic carbocycles. The summed E-state index contributed by atoms with van der Waals surface area (Å²) in [6.45, 7) is 2.56. The van der Waals surface area contributed by atoms with Crippen LogP contribution in [0.15, 0.2) is 0 Å². The van der Waals surface area contributed by atoms with E-state index < -0.39 is 0 Å². The number of hydrogen-bond donors (Lipinski definition) is 1. The highest BCUT2D eigenvalue weighted by atomic mass is 16.5. The number of nitrogens with zero attached hydrogens (tertiary/aromatic N) is 5. The molecule has 1 fully saturated rings. The van der Waals surface area contributed by atoms with Crippen molar-refractivity contribution in [3.8, 4) is 0 Å². The van der Waals surface area contributed by atoms with Gasteiger partial charge in [-0.15, -0.1) is 10.2 Å². The van der Waals surface area contributed by atoms with Crippen LogP contribution in [-0.2, 0) is 9.53 Å². The van der Waals surface area contributed by atoms with Gasteiger partial charge >= 0.3 is 5.97 Å². The third-order valence-corrected chi connectivity index (χ3v) is 2.78. The second-order valence-corrected chi connectivity index (χ2v) is 3.88. The number of aromatic amines is 1. The minimum absolute atomic E-state index is 0.0661.